The summed E-state index contributed by atoms with van der Waals surface area (Å²) in [5, 5.41) is 0. The molecule has 0 bridgehead atoms. The molecule has 0 heterocycles. The number of unbranched alkanes of at least 4 members (excludes halogenated alkanes) is 14. The third-order valence-corrected chi connectivity index (χ3v) is 17.3. The second-order valence-electron chi connectivity index (χ2n) is 20.3. The smallest absolute Gasteiger partial charge is 0.309 e. The maximum Gasteiger partial charge on any atom is 0.309 e. The minimum absolute atomic E-state index is 0.196. The fourth-order valence-corrected chi connectivity index (χ4v) is 14.7. The van der Waals surface area contributed by atoms with Gasteiger partial charge in [0.25, 0.3) is 0 Å². The molecule has 0 saturated heterocycles. The van der Waals surface area contributed by atoms with Crippen molar-refractivity contribution in [2.75, 3.05) is 6.61 Å². The second kappa shape index (κ2) is 19.2. The lowest BCUT2D eigenvalue weighted by molar-refractivity contribution is -0.156. The van der Waals surface area contributed by atoms with E-state index in [-0.39, 0.29) is 11.9 Å². The standard InChI is InChI=1S/C48H82O2/c1-2-3-4-5-6-7-8-9-10-11-12-13-14-15-18-24-50-48(49)46-23-19-22-37-27-40-30-43-31-41-28-38-25-35-20-16-17-21-36(35)26-39(38)29-42(41)32-44(43)33-45(40)34-47(37)46/h35-47H,2-34H2,1H3. The molecule has 0 aliphatic heterocycles. The van der Waals surface area contributed by atoms with Crippen molar-refractivity contribution in [3.05, 3.63) is 0 Å². The molecule has 7 fully saturated rings. The average Bonchev–Trinajstić information content (AvgIpc) is 3.13. The van der Waals surface area contributed by atoms with Gasteiger partial charge in [0.1, 0.15) is 0 Å². The molecule has 7 aliphatic rings. The first kappa shape index (κ1) is 37.8. The molecule has 7 rings (SSSR count). The highest BCUT2D eigenvalue weighted by molar-refractivity contribution is 5.73. The van der Waals surface area contributed by atoms with Crippen LogP contribution in [0.2, 0.25) is 0 Å². The lowest BCUT2D eigenvalue weighted by atomic mass is 9.48. The first-order chi connectivity index (χ1) is 24.7. The Hall–Kier alpha value is -0.530. The minimum Gasteiger partial charge on any atom is -0.465 e. The molecule has 0 N–H and O–H groups in total. The van der Waals surface area contributed by atoms with Crippen LogP contribution in [0.5, 0.6) is 0 Å². The minimum atomic E-state index is 0.196. The van der Waals surface area contributed by atoms with Gasteiger partial charge in [-0.3, -0.25) is 4.79 Å². The van der Waals surface area contributed by atoms with Crippen LogP contribution >= 0.6 is 0 Å². The number of rotatable bonds is 17. The SMILES string of the molecule is CCCCCCCCCCCCCCCCCOC(=O)C1CCCC2CC3CC4CC5CC6CC7CCCCC7CC6CC5CC4CC3CC21. The van der Waals surface area contributed by atoms with Gasteiger partial charge >= 0.3 is 5.97 Å². The molecule has 0 spiro atoms. The van der Waals surface area contributed by atoms with Gasteiger partial charge < -0.3 is 4.74 Å². The summed E-state index contributed by atoms with van der Waals surface area (Å²) in [6, 6.07) is 0. The van der Waals surface area contributed by atoms with Crippen molar-refractivity contribution in [3.63, 3.8) is 0 Å². The van der Waals surface area contributed by atoms with E-state index < -0.39 is 0 Å². The van der Waals surface area contributed by atoms with E-state index in [9.17, 15) is 4.79 Å². The monoisotopic (exact) mass is 691 g/mol. The van der Waals surface area contributed by atoms with Crippen molar-refractivity contribution in [2.24, 2.45) is 76.9 Å². The van der Waals surface area contributed by atoms with E-state index in [1.807, 2.05) is 0 Å². The lowest BCUT2D eigenvalue weighted by Gasteiger charge is -2.57. The molecule has 13 unspecified atom stereocenters. The second-order valence-corrected chi connectivity index (χ2v) is 20.3. The third-order valence-electron chi connectivity index (χ3n) is 17.3. The Morgan fingerprint density at radius 1 is 0.400 bits per heavy atom. The summed E-state index contributed by atoms with van der Waals surface area (Å²) in [6.07, 6.45) is 46.1. The zero-order chi connectivity index (χ0) is 34.1. The highest BCUT2D eigenvalue weighted by Crippen LogP contribution is 2.61. The van der Waals surface area contributed by atoms with Crippen molar-refractivity contribution < 1.29 is 9.53 Å². The van der Waals surface area contributed by atoms with Gasteiger partial charge in [-0.25, -0.2) is 0 Å². The fraction of sp³-hybridized carbons (Fsp3) is 0.979. The first-order valence-corrected chi connectivity index (χ1v) is 23.8. The Balaban J connectivity index is 0.781. The summed E-state index contributed by atoms with van der Waals surface area (Å²) in [4.78, 5) is 13.5. The van der Waals surface area contributed by atoms with Crippen LogP contribution in [0.25, 0.3) is 0 Å². The predicted octanol–water partition coefficient (Wildman–Crippen LogP) is 14.1. The average molecular weight is 691 g/mol. The summed E-state index contributed by atoms with van der Waals surface area (Å²) in [6.45, 7) is 2.98. The largest absolute Gasteiger partial charge is 0.465 e. The Morgan fingerprint density at radius 2 is 0.760 bits per heavy atom. The van der Waals surface area contributed by atoms with E-state index in [2.05, 4.69) is 6.92 Å². The molecule has 0 aromatic heterocycles. The van der Waals surface area contributed by atoms with Gasteiger partial charge in [0, 0.05) is 0 Å². The summed E-state index contributed by atoms with van der Waals surface area (Å²) in [5.41, 5.74) is 0. The molecule has 7 saturated carbocycles. The molecule has 7 aliphatic carbocycles. The third kappa shape index (κ3) is 9.76. The normalized spacial score (nSPS) is 40.7. The Labute approximate surface area is 310 Å². The number of hydrogen-bond acceptors (Lipinski definition) is 2. The summed E-state index contributed by atoms with van der Waals surface area (Å²) >= 11 is 0. The van der Waals surface area contributed by atoms with Crippen LogP contribution in [0, 0.1) is 76.9 Å². The maximum atomic E-state index is 13.5. The van der Waals surface area contributed by atoms with Crippen molar-refractivity contribution in [1.82, 2.24) is 0 Å². The van der Waals surface area contributed by atoms with Gasteiger partial charge in [0.05, 0.1) is 12.5 Å². The number of esters is 1. The molecule has 286 valence electrons. The van der Waals surface area contributed by atoms with E-state index >= 15 is 0 Å². The van der Waals surface area contributed by atoms with E-state index in [4.69, 9.17) is 4.74 Å². The van der Waals surface area contributed by atoms with E-state index in [1.165, 1.54) is 135 Å². The van der Waals surface area contributed by atoms with Gasteiger partial charge in [-0.2, -0.15) is 0 Å². The quantitative estimate of drug-likeness (QED) is 0.112. The Morgan fingerprint density at radius 3 is 1.22 bits per heavy atom. The molecule has 0 aromatic rings. The van der Waals surface area contributed by atoms with E-state index in [0.717, 1.165) is 77.9 Å². The molecule has 0 radical (unpaired) electrons. The summed E-state index contributed by atoms with van der Waals surface area (Å²) in [7, 11) is 0. The van der Waals surface area contributed by atoms with Crippen molar-refractivity contribution in [1.29, 1.82) is 0 Å². The van der Waals surface area contributed by atoms with Crippen LogP contribution in [0.3, 0.4) is 0 Å². The maximum absolute atomic E-state index is 13.5. The molecule has 2 nitrogen and oxygen atoms in total. The van der Waals surface area contributed by atoms with Crippen LogP contribution in [-0.4, -0.2) is 12.6 Å². The highest BCUT2D eigenvalue weighted by Gasteiger charge is 2.52. The van der Waals surface area contributed by atoms with Crippen molar-refractivity contribution in [3.8, 4) is 0 Å². The number of ether oxygens (including phenoxy) is 1. The zero-order valence-electron chi connectivity index (χ0n) is 33.2. The molecule has 0 amide bonds. The fourth-order valence-electron chi connectivity index (χ4n) is 14.7. The highest BCUT2D eigenvalue weighted by atomic mass is 16.5. The van der Waals surface area contributed by atoms with Crippen LogP contribution in [0.1, 0.15) is 212 Å². The van der Waals surface area contributed by atoms with Gasteiger partial charge in [0.2, 0.25) is 0 Å². The Bertz CT molecular complexity index is 1000. The lowest BCUT2D eigenvalue weighted by Crippen LogP contribution is -2.48. The van der Waals surface area contributed by atoms with Crippen molar-refractivity contribution in [2.45, 2.75) is 212 Å². The van der Waals surface area contributed by atoms with Crippen LogP contribution in [0.15, 0.2) is 0 Å². The predicted molar refractivity (Wildman–Crippen MR) is 210 cm³/mol. The van der Waals surface area contributed by atoms with Crippen LogP contribution < -0.4 is 0 Å². The van der Waals surface area contributed by atoms with Gasteiger partial charge in [0.15, 0.2) is 0 Å². The molecular weight excluding hydrogens is 609 g/mol. The van der Waals surface area contributed by atoms with Crippen LogP contribution in [-0.2, 0) is 9.53 Å². The number of hydrogen-bond donors (Lipinski definition) is 0. The number of carbonyl (C=O) groups excluding carboxylic acids is 1. The van der Waals surface area contributed by atoms with Crippen LogP contribution in [0.4, 0.5) is 0 Å². The Kier molecular flexibility index (Phi) is 14.5. The molecule has 50 heavy (non-hydrogen) atoms. The summed E-state index contributed by atoms with van der Waals surface area (Å²) in [5.74, 6) is 12.3. The van der Waals surface area contributed by atoms with Gasteiger partial charge in [-0.1, -0.05) is 135 Å². The summed E-state index contributed by atoms with van der Waals surface area (Å²) < 4.78 is 6.06. The van der Waals surface area contributed by atoms with Gasteiger partial charge in [-0.05, 0) is 148 Å². The zero-order valence-corrected chi connectivity index (χ0v) is 33.2. The van der Waals surface area contributed by atoms with E-state index in [0.29, 0.717) is 12.5 Å². The first-order valence-electron chi connectivity index (χ1n) is 23.8. The number of carbonyl (C=O) groups is 1. The molecule has 0 aromatic carbocycles. The van der Waals surface area contributed by atoms with Crippen molar-refractivity contribution >= 4 is 5.97 Å². The molecule has 13 atom stereocenters. The topological polar surface area (TPSA) is 26.3 Å². The molecular formula is C48H82O2. The van der Waals surface area contributed by atoms with E-state index in [1.54, 1.807) is 57.8 Å². The molecule has 2 heteroatoms. The number of fused-ring (bicyclic) bond motifs is 6. The van der Waals surface area contributed by atoms with Gasteiger partial charge in [-0.15, -0.1) is 0 Å².